The van der Waals surface area contributed by atoms with Gasteiger partial charge in [-0.2, -0.15) is 0 Å². The third kappa shape index (κ3) is 3.86. The Morgan fingerprint density at radius 2 is 1.89 bits per heavy atom. The van der Waals surface area contributed by atoms with Crippen LogP contribution in [-0.4, -0.2) is 41.8 Å². The van der Waals surface area contributed by atoms with Crippen LogP contribution in [0.15, 0.2) is 53.4 Å². The van der Waals surface area contributed by atoms with Crippen molar-refractivity contribution in [1.29, 1.82) is 0 Å². The largest absolute Gasteiger partial charge is 0.492 e. The molecule has 0 bridgehead atoms. The molecule has 8 heteroatoms. The number of para-hydroxylation sites is 1. The van der Waals surface area contributed by atoms with Gasteiger partial charge in [0, 0.05) is 0 Å². The number of thioether (sulfide) groups is 1. The molecule has 3 amide bonds. The van der Waals surface area contributed by atoms with E-state index in [0.29, 0.717) is 35.1 Å². The number of amides is 3. The molecule has 4 rings (SSSR count). The number of hydrogen-bond donors (Lipinski definition) is 1. The molecular formula is C20H16N2O5S. The van der Waals surface area contributed by atoms with Crippen molar-refractivity contribution < 1.29 is 23.9 Å². The Bertz CT molecular complexity index is 971. The number of carbonyl (C=O) groups excluding carboxylic acids is 3. The number of nitrogens with zero attached hydrogens (tertiary/aromatic N) is 1. The lowest BCUT2D eigenvalue weighted by atomic mass is 10.1. The fourth-order valence-corrected chi connectivity index (χ4v) is 3.50. The van der Waals surface area contributed by atoms with Gasteiger partial charge in [0.05, 0.1) is 17.0 Å². The van der Waals surface area contributed by atoms with Crippen molar-refractivity contribution in [3.63, 3.8) is 0 Å². The molecule has 0 atom stereocenters. The van der Waals surface area contributed by atoms with Crippen molar-refractivity contribution in [1.82, 2.24) is 10.2 Å². The summed E-state index contributed by atoms with van der Waals surface area (Å²) < 4.78 is 11.3. The number of carbonyl (C=O) groups is 3. The number of hydrogen-bond acceptors (Lipinski definition) is 6. The summed E-state index contributed by atoms with van der Waals surface area (Å²) >= 11 is 0.879. The van der Waals surface area contributed by atoms with E-state index in [9.17, 15) is 14.4 Å². The van der Waals surface area contributed by atoms with Gasteiger partial charge in [0.1, 0.15) is 18.1 Å². The number of nitrogens with one attached hydrogen (secondary N) is 1. The van der Waals surface area contributed by atoms with Crippen LogP contribution in [0, 0.1) is 0 Å². The monoisotopic (exact) mass is 396 g/mol. The summed E-state index contributed by atoms with van der Waals surface area (Å²) in [5.41, 5.74) is 1.34. The van der Waals surface area contributed by atoms with Crippen LogP contribution in [0.2, 0.25) is 0 Å². The third-order valence-electron chi connectivity index (χ3n) is 4.23. The summed E-state index contributed by atoms with van der Waals surface area (Å²) in [5.74, 6) is 0.789. The fourth-order valence-electron chi connectivity index (χ4n) is 2.82. The summed E-state index contributed by atoms with van der Waals surface area (Å²) in [4.78, 5) is 37.1. The SMILES string of the molecule is O=C1NC(=O)C(=Cc2ccc(OCCN3COc4ccccc4C3=O)cc2)S1. The highest BCUT2D eigenvalue weighted by Gasteiger charge is 2.25. The second-order valence-corrected chi connectivity index (χ2v) is 7.12. The van der Waals surface area contributed by atoms with Crippen LogP contribution in [0.4, 0.5) is 4.79 Å². The van der Waals surface area contributed by atoms with E-state index in [2.05, 4.69) is 5.32 Å². The topological polar surface area (TPSA) is 84.9 Å². The van der Waals surface area contributed by atoms with Crippen molar-refractivity contribution in [3.05, 3.63) is 64.6 Å². The predicted octanol–water partition coefficient (Wildman–Crippen LogP) is 2.88. The molecule has 1 fully saturated rings. The number of ether oxygens (including phenoxy) is 2. The van der Waals surface area contributed by atoms with Crippen molar-refractivity contribution in [2.75, 3.05) is 19.9 Å². The van der Waals surface area contributed by atoms with Crippen LogP contribution in [0.5, 0.6) is 11.5 Å². The summed E-state index contributed by atoms with van der Waals surface area (Å²) in [6, 6.07) is 14.3. The predicted molar refractivity (Wildman–Crippen MR) is 104 cm³/mol. The maximum atomic E-state index is 12.4. The van der Waals surface area contributed by atoms with Gasteiger partial charge in [0.2, 0.25) is 0 Å². The van der Waals surface area contributed by atoms with Crippen LogP contribution >= 0.6 is 11.8 Å². The van der Waals surface area contributed by atoms with Crippen molar-refractivity contribution in [3.8, 4) is 11.5 Å². The minimum atomic E-state index is -0.384. The molecule has 0 unspecified atom stereocenters. The highest BCUT2D eigenvalue weighted by molar-refractivity contribution is 8.18. The molecule has 2 aliphatic heterocycles. The van der Waals surface area contributed by atoms with E-state index in [1.54, 1.807) is 53.4 Å². The van der Waals surface area contributed by atoms with Gasteiger partial charge in [-0.25, -0.2) is 0 Å². The first-order valence-electron chi connectivity index (χ1n) is 8.59. The van der Waals surface area contributed by atoms with Crippen molar-refractivity contribution in [2.45, 2.75) is 0 Å². The highest BCUT2D eigenvalue weighted by Crippen LogP contribution is 2.26. The number of fused-ring (bicyclic) bond motifs is 1. The number of imide groups is 1. The standard InChI is InChI=1S/C20H16N2O5S/c23-18-17(28-20(25)21-18)11-13-5-7-14(8-6-13)26-10-9-22-12-27-16-4-2-1-3-15(16)19(22)24/h1-8,11H,9-10,12H2,(H,21,23,25). The molecule has 0 aromatic heterocycles. The molecule has 1 saturated heterocycles. The van der Waals surface area contributed by atoms with Gasteiger partial charge in [-0.15, -0.1) is 0 Å². The Kier molecular flexibility index (Phi) is 5.03. The van der Waals surface area contributed by atoms with Gasteiger partial charge in [-0.05, 0) is 47.7 Å². The Morgan fingerprint density at radius 1 is 1.11 bits per heavy atom. The molecule has 1 N–H and O–H groups in total. The zero-order valence-corrected chi connectivity index (χ0v) is 15.5. The molecule has 2 aromatic carbocycles. The lowest BCUT2D eigenvalue weighted by molar-refractivity contribution is -0.115. The Balaban J connectivity index is 1.31. The Hall–Kier alpha value is -3.26. The first-order chi connectivity index (χ1) is 13.6. The Morgan fingerprint density at radius 3 is 2.64 bits per heavy atom. The average Bonchev–Trinajstić information content (AvgIpc) is 3.02. The van der Waals surface area contributed by atoms with Crippen LogP contribution in [0.1, 0.15) is 15.9 Å². The molecule has 142 valence electrons. The normalized spacial score (nSPS) is 17.4. The van der Waals surface area contributed by atoms with Gasteiger partial charge in [-0.3, -0.25) is 19.7 Å². The first kappa shape index (κ1) is 18.1. The second kappa shape index (κ2) is 7.77. The summed E-state index contributed by atoms with van der Waals surface area (Å²) in [6.07, 6.45) is 1.65. The van der Waals surface area contributed by atoms with E-state index in [1.807, 2.05) is 6.07 Å². The first-order valence-corrected chi connectivity index (χ1v) is 9.40. The molecule has 2 heterocycles. The van der Waals surface area contributed by atoms with Gasteiger partial charge in [0.15, 0.2) is 6.73 Å². The second-order valence-electron chi connectivity index (χ2n) is 6.11. The van der Waals surface area contributed by atoms with E-state index in [1.165, 1.54) is 0 Å². The van der Waals surface area contributed by atoms with Crippen LogP contribution < -0.4 is 14.8 Å². The zero-order valence-electron chi connectivity index (χ0n) is 14.7. The highest BCUT2D eigenvalue weighted by atomic mass is 32.2. The maximum Gasteiger partial charge on any atom is 0.290 e. The number of benzene rings is 2. The van der Waals surface area contributed by atoms with E-state index in [4.69, 9.17) is 9.47 Å². The van der Waals surface area contributed by atoms with Gasteiger partial charge < -0.3 is 14.4 Å². The van der Waals surface area contributed by atoms with Gasteiger partial charge in [-0.1, -0.05) is 24.3 Å². The Labute approximate surface area is 165 Å². The van der Waals surface area contributed by atoms with E-state index in [0.717, 1.165) is 17.3 Å². The fraction of sp³-hybridized carbons (Fsp3) is 0.150. The van der Waals surface area contributed by atoms with Gasteiger partial charge >= 0.3 is 0 Å². The zero-order chi connectivity index (χ0) is 19.5. The molecule has 2 aromatic rings. The quantitative estimate of drug-likeness (QED) is 0.783. The summed E-state index contributed by atoms with van der Waals surface area (Å²) in [6.45, 7) is 0.923. The lowest BCUT2D eigenvalue weighted by Crippen LogP contribution is -2.40. The smallest absolute Gasteiger partial charge is 0.290 e. The summed E-state index contributed by atoms with van der Waals surface area (Å²) in [5, 5.41) is 1.85. The summed E-state index contributed by atoms with van der Waals surface area (Å²) in [7, 11) is 0. The number of rotatable bonds is 5. The molecule has 0 saturated carbocycles. The molecule has 0 radical (unpaired) electrons. The van der Waals surface area contributed by atoms with E-state index >= 15 is 0 Å². The molecule has 0 aliphatic carbocycles. The van der Waals surface area contributed by atoms with Crippen LogP contribution in [0.3, 0.4) is 0 Å². The van der Waals surface area contributed by atoms with Crippen molar-refractivity contribution >= 4 is 34.9 Å². The minimum Gasteiger partial charge on any atom is -0.492 e. The molecule has 28 heavy (non-hydrogen) atoms. The van der Waals surface area contributed by atoms with Gasteiger partial charge in [0.25, 0.3) is 17.1 Å². The molecule has 2 aliphatic rings. The minimum absolute atomic E-state index is 0.0747. The van der Waals surface area contributed by atoms with Crippen LogP contribution in [0.25, 0.3) is 6.08 Å². The average molecular weight is 396 g/mol. The maximum absolute atomic E-state index is 12.4. The third-order valence-corrected chi connectivity index (χ3v) is 5.04. The molecule has 0 spiro atoms. The molecule has 7 nitrogen and oxygen atoms in total. The van der Waals surface area contributed by atoms with Crippen molar-refractivity contribution in [2.24, 2.45) is 0 Å². The lowest BCUT2D eigenvalue weighted by Gasteiger charge is -2.28. The van der Waals surface area contributed by atoms with E-state index in [-0.39, 0.29) is 23.8 Å². The van der Waals surface area contributed by atoms with E-state index < -0.39 is 0 Å². The van der Waals surface area contributed by atoms with Crippen LogP contribution in [-0.2, 0) is 4.79 Å². The molecular weight excluding hydrogens is 380 g/mol.